The van der Waals surface area contributed by atoms with E-state index < -0.39 is 0 Å². The molecule has 0 aromatic heterocycles. The van der Waals surface area contributed by atoms with E-state index in [4.69, 9.17) is 5.53 Å². The van der Waals surface area contributed by atoms with Crippen molar-refractivity contribution < 1.29 is 4.79 Å². The maximum Gasteiger partial charge on any atom is 0.138 e. The van der Waals surface area contributed by atoms with Crippen molar-refractivity contribution in [2.24, 2.45) is 5.11 Å². The van der Waals surface area contributed by atoms with E-state index in [-0.39, 0.29) is 12.3 Å². The van der Waals surface area contributed by atoms with Crippen LogP contribution in [0.3, 0.4) is 0 Å². The summed E-state index contributed by atoms with van der Waals surface area (Å²) in [6, 6.07) is 10.0. The highest BCUT2D eigenvalue weighted by atomic mass is 16.1. The highest BCUT2D eigenvalue weighted by molar-refractivity contribution is 5.80. The Labute approximate surface area is 88.6 Å². The minimum atomic E-state index is -0.0225. The Kier molecular flexibility index (Phi) is 4.98. The topological polar surface area (TPSA) is 65.8 Å². The van der Waals surface area contributed by atoms with Gasteiger partial charge in [0.05, 0.1) is 6.54 Å². The second kappa shape index (κ2) is 6.62. The van der Waals surface area contributed by atoms with E-state index in [2.05, 4.69) is 10.0 Å². The lowest BCUT2D eigenvalue weighted by Gasteiger charge is -1.99. The molecular weight excluding hydrogens is 190 g/mol. The van der Waals surface area contributed by atoms with Gasteiger partial charge in [0, 0.05) is 11.3 Å². The van der Waals surface area contributed by atoms with Gasteiger partial charge in [-0.15, -0.1) is 0 Å². The van der Waals surface area contributed by atoms with Crippen LogP contribution in [0, 0.1) is 0 Å². The molecule has 4 nitrogen and oxygen atoms in total. The SMILES string of the molecule is [N-]=[N+]=NCC(=O)CCCc1ccccc1. The summed E-state index contributed by atoms with van der Waals surface area (Å²) in [6.45, 7) is -0.0225. The third kappa shape index (κ3) is 4.84. The molecule has 0 aliphatic heterocycles. The van der Waals surface area contributed by atoms with Crippen molar-refractivity contribution in [3.05, 3.63) is 46.3 Å². The first-order valence-corrected chi connectivity index (χ1v) is 4.89. The van der Waals surface area contributed by atoms with Gasteiger partial charge in [-0.25, -0.2) is 0 Å². The smallest absolute Gasteiger partial charge is 0.138 e. The molecule has 0 saturated heterocycles. The highest BCUT2D eigenvalue weighted by Gasteiger charge is 1.99. The van der Waals surface area contributed by atoms with E-state index in [1.807, 2.05) is 30.3 Å². The van der Waals surface area contributed by atoms with Gasteiger partial charge in [0.15, 0.2) is 0 Å². The van der Waals surface area contributed by atoms with Crippen LogP contribution in [-0.2, 0) is 11.2 Å². The van der Waals surface area contributed by atoms with Crippen molar-refractivity contribution in [2.75, 3.05) is 6.54 Å². The van der Waals surface area contributed by atoms with E-state index in [1.165, 1.54) is 5.56 Å². The Bertz CT molecular complexity index is 355. The number of hydrogen-bond donors (Lipinski definition) is 0. The Morgan fingerprint density at radius 3 is 2.73 bits per heavy atom. The number of ketones is 1. The van der Waals surface area contributed by atoms with Crippen LogP contribution in [-0.4, -0.2) is 12.3 Å². The van der Waals surface area contributed by atoms with Gasteiger partial charge in [0.1, 0.15) is 5.78 Å². The quantitative estimate of drug-likeness (QED) is 0.398. The molecule has 0 unspecified atom stereocenters. The molecule has 0 atom stereocenters. The third-order valence-electron chi connectivity index (χ3n) is 2.07. The van der Waals surface area contributed by atoms with Crippen LogP contribution >= 0.6 is 0 Å². The fourth-order valence-electron chi connectivity index (χ4n) is 1.32. The molecule has 4 heteroatoms. The van der Waals surface area contributed by atoms with Crippen molar-refractivity contribution in [1.29, 1.82) is 0 Å². The number of nitrogens with zero attached hydrogens (tertiary/aromatic N) is 3. The predicted molar refractivity (Wildman–Crippen MR) is 58.4 cm³/mol. The van der Waals surface area contributed by atoms with Crippen molar-refractivity contribution in [3.8, 4) is 0 Å². The molecule has 15 heavy (non-hydrogen) atoms. The Morgan fingerprint density at radius 1 is 1.33 bits per heavy atom. The van der Waals surface area contributed by atoms with Gasteiger partial charge in [0.2, 0.25) is 0 Å². The summed E-state index contributed by atoms with van der Waals surface area (Å²) in [4.78, 5) is 13.7. The number of carbonyl (C=O) groups excluding carboxylic acids is 1. The molecule has 0 saturated carbocycles. The maximum absolute atomic E-state index is 11.1. The van der Waals surface area contributed by atoms with Crippen LogP contribution < -0.4 is 0 Å². The third-order valence-corrected chi connectivity index (χ3v) is 2.07. The lowest BCUT2D eigenvalue weighted by Crippen LogP contribution is -2.02. The first kappa shape index (κ1) is 11.3. The van der Waals surface area contributed by atoms with Crippen LogP contribution in [0.4, 0.5) is 0 Å². The van der Waals surface area contributed by atoms with E-state index in [9.17, 15) is 4.79 Å². The van der Waals surface area contributed by atoms with Crippen LogP contribution in [0.2, 0.25) is 0 Å². The monoisotopic (exact) mass is 203 g/mol. The molecular formula is C11H13N3O. The summed E-state index contributed by atoms with van der Waals surface area (Å²) in [5.74, 6) is 0.00345. The van der Waals surface area contributed by atoms with E-state index in [1.54, 1.807) is 0 Å². The summed E-state index contributed by atoms with van der Waals surface area (Å²) in [5.41, 5.74) is 9.26. The molecule has 0 bridgehead atoms. The van der Waals surface area contributed by atoms with Crippen LogP contribution in [0.25, 0.3) is 10.4 Å². The number of rotatable bonds is 6. The molecule has 0 fully saturated rings. The molecule has 0 radical (unpaired) electrons. The summed E-state index contributed by atoms with van der Waals surface area (Å²) in [6.07, 6.45) is 2.18. The van der Waals surface area contributed by atoms with Crippen molar-refractivity contribution in [2.45, 2.75) is 19.3 Å². The number of aryl methyl sites for hydroxylation is 1. The van der Waals surface area contributed by atoms with Gasteiger partial charge < -0.3 is 0 Å². The zero-order valence-corrected chi connectivity index (χ0v) is 8.47. The first-order valence-electron chi connectivity index (χ1n) is 4.89. The predicted octanol–water partition coefficient (Wildman–Crippen LogP) is 2.89. The zero-order chi connectivity index (χ0) is 10.9. The van der Waals surface area contributed by atoms with Gasteiger partial charge in [0.25, 0.3) is 0 Å². The minimum Gasteiger partial charge on any atom is -0.300 e. The van der Waals surface area contributed by atoms with E-state index in [0.29, 0.717) is 6.42 Å². The number of Topliss-reactive ketones (excluding diaryl/α,β-unsaturated/α-hetero) is 1. The highest BCUT2D eigenvalue weighted by Crippen LogP contribution is 2.04. The van der Waals surface area contributed by atoms with Gasteiger partial charge in [-0.3, -0.25) is 4.79 Å². The number of hydrogen-bond acceptors (Lipinski definition) is 2. The Hall–Kier alpha value is -1.80. The van der Waals surface area contributed by atoms with Gasteiger partial charge in [-0.2, -0.15) is 0 Å². The summed E-state index contributed by atoms with van der Waals surface area (Å²) in [7, 11) is 0. The van der Waals surface area contributed by atoms with Gasteiger partial charge >= 0.3 is 0 Å². The van der Waals surface area contributed by atoms with Crippen LogP contribution in [0.1, 0.15) is 18.4 Å². The fraction of sp³-hybridized carbons (Fsp3) is 0.364. The van der Waals surface area contributed by atoms with Crippen molar-refractivity contribution in [1.82, 2.24) is 0 Å². The average Bonchev–Trinajstić information content (AvgIpc) is 2.28. The number of benzene rings is 1. The van der Waals surface area contributed by atoms with Crippen molar-refractivity contribution >= 4 is 5.78 Å². The molecule has 0 aliphatic carbocycles. The van der Waals surface area contributed by atoms with E-state index >= 15 is 0 Å². The number of azide groups is 1. The second-order valence-corrected chi connectivity index (χ2v) is 3.27. The van der Waals surface area contributed by atoms with Crippen LogP contribution in [0.5, 0.6) is 0 Å². The van der Waals surface area contributed by atoms with Crippen LogP contribution in [0.15, 0.2) is 35.4 Å². The molecule has 0 spiro atoms. The lowest BCUT2D eigenvalue weighted by molar-refractivity contribution is -0.117. The molecule has 0 heterocycles. The average molecular weight is 203 g/mol. The molecule has 0 N–H and O–H groups in total. The maximum atomic E-state index is 11.1. The van der Waals surface area contributed by atoms with Gasteiger partial charge in [-0.05, 0) is 23.9 Å². The Morgan fingerprint density at radius 2 is 2.07 bits per heavy atom. The lowest BCUT2D eigenvalue weighted by atomic mass is 10.1. The standard InChI is InChI=1S/C11H13N3O/c12-14-13-9-11(15)8-4-7-10-5-2-1-3-6-10/h1-3,5-6H,4,7-9H2. The molecule has 0 amide bonds. The minimum absolute atomic E-state index is 0.00345. The fourth-order valence-corrected chi connectivity index (χ4v) is 1.32. The summed E-state index contributed by atoms with van der Waals surface area (Å²) in [5, 5.41) is 3.23. The summed E-state index contributed by atoms with van der Waals surface area (Å²) < 4.78 is 0. The Balaban J connectivity index is 2.22. The number of carbonyl (C=O) groups is 1. The second-order valence-electron chi connectivity index (χ2n) is 3.27. The zero-order valence-electron chi connectivity index (χ0n) is 8.47. The first-order chi connectivity index (χ1) is 7.33. The molecule has 78 valence electrons. The summed E-state index contributed by atoms with van der Waals surface area (Å²) >= 11 is 0. The van der Waals surface area contributed by atoms with E-state index in [0.717, 1.165) is 12.8 Å². The van der Waals surface area contributed by atoms with Crippen molar-refractivity contribution in [3.63, 3.8) is 0 Å². The van der Waals surface area contributed by atoms with Gasteiger partial charge in [-0.1, -0.05) is 35.4 Å². The molecule has 1 aromatic rings. The normalized spacial score (nSPS) is 9.33. The molecule has 1 rings (SSSR count). The molecule has 0 aliphatic rings. The largest absolute Gasteiger partial charge is 0.300 e. The molecule has 1 aromatic carbocycles.